The van der Waals surface area contributed by atoms with E-state index in [1.165, 1.54) is 0 Å². The summed E-state index contributed by atoms with van der Waals surface area (Å²) < 4.78 is 0. The Morgan fingerprint density at radius 1 is 1.60 bits per heavy atom. The SMILES string of the molecule is C=CC(C)(C)[C@H](C)CC=O. The van der Waals surface area contributed by atoms with Gasteiger partial charge in [-0.15, -0.1) is 6.58 Å². The third kappa shape index (κ3) is 2.34. The fraction of sp³-hybridized carbons (Fsp3) is 0.667. The summed E-state index contributed by atoms with van der Waals surface area (Å²) in [7, 11) is 0. The van der Waals surface area contributed by atoms with Gasteiger partial charge in [0.15, 0.2) is 0 Å². The van der Waals surface area contributed by atoms with E-state index in [1.807, 2.05) is 6.08 Å². The highest BCUT2D eigenvalue weighted by molar-refractivity contribution is 5.49. The van der Waals surface area contributed by atoms with Crippen LogP contribution in [0.5, 0.6) is 0 Å². The summed E-state index contributed by atoms with van der Waals surface area (Å²) in [6.45, 7) is 9.97. The molecule has 0 aliphatic heterocycles. The molecule has 1 heteroatoms. The van der Waals surface area contributed by atoms with Gasteiger partial charge in [0.2, 0.25) is 0 Å². The van der Waals surface area contributed by atoms with Crippen molar-refractivity contribution in [1.82, 2.24) is 0 Å². The first-order valence-electron chi connectivity index (χ1n) is 3.62. The lowest BCUT2D eigenvalue weighted by Gasteiger charge is -2.26. The van der Waals surface area contributed by atoms with Crippen LogP contribution in [0.2, 0.25) is 0 Å². The van der Waals surface area contributed by atoms with E-state index in [0.29, 0.717) is 12.3 Å². The number of hydrogen-bond donors (Lipinski definition) is 0. The minimum Gasteiger partial charge on any atom is -0.303 e. The molecule has 0 aliphatic rings. The number of rotatable bonds is 4. The minimum absolute atomic E-state index is 0.0842. The van der Waals surface area contributed by atoms with E-state index in [2.05, 4.69) is 27.4 Å². The van der Waals surface area contributed by atoms with Crippen molar-refractivity contribution in [2.75, 3.05) is 0 Å². The zero-order valence-electron chi connectivity index (χ0n) is 7.05. The molecule has 0 rings (SSSR count). The third-order valence-electron chi connectivity index (χ3n) is 2.25. The zero-order valence-corrected chi connectivity index (χ0v) is 7.05. The van der Waals surface area contributed by atoms with Gasteiger partial charge in [0.05, 0.1) is 0 Å². The Bertz CT molecular complexity index is 125. The maximum absolute atomic E-state index is 10.1. The highest BCUT2D eigenvalue weighted by Crippen LogP contribution is 2.28. The van der Waals surface area contributed by atoms with Crippen LogP contribution in [0.3, 0.4) is 0 Å². The van der Waals surface area contributed by atoms with E-state index in [4.69, 9.17) is 0 Å². The summed E-state index contributed by atoms with van der Waals surface area (Å²) in [6, 6.07) is 0. The van der Waals surface area contributed by atoms with Crippen molar-refractivity contribution in [3.05, 3.63) is 12.7 Å². The molecule has 0 unspecified atom stereocenters. The normalized spacial score (nSPS) is 14.3. The molecule has 0 spiro atoms. The molecule has 1 nitrogen and oxygen atoms in total. The summed E-state index contributed by atoms with van der Waals surface area (Å²) in [4.78, 5) is 10.1. The third-order valence-corrected chi connectivity index (χ3v) is 2.25. The first kappa shape index (κ1) is 9.41. The number of carbonyl (C=O) groups excluding carboxylic acids is 1. The molecule has 0 heterocycles. The van der Waals surface area contributed by atoms with Crippen molar-refractivity contribution >= 4 is 6.29 Å². The maximum atomic E-state index is 10.1. The average molecular weight is 140 g/mol. The van der Waals surface area contributed by atoms with Gasteiger partial charge in [0.1, 0.15) is 6.29 Å². The predicted octanol–water partition coefficient (Wildman–Crippen LogP) is 2.42. The van der Waals surface area contributed by atoms with Gasteiger partial charge < -0.3 is 4.79 Å². The van der Waals surface area contributed by atoms with Gasteiger partial charge in [0, 0.05) is 6.42 Å². The van der Waals surface area contributed by atoms with Crippen LogP contribution in [0.25, 0.3) is 0 Å². The van der Waals surface area contributed by atoms with Crippen molar-refractivity contribution in [1.29, 1.82) is 0 Å². The van der Waals surface area contributed by atoms with Gasteiger partial charge in [-0.3, -0.25) is 0 Å². The number of hydrogen-bond acceptors (Lipinski definition) is 1. The second kappa shape index (κ2) is 3.55. The molecule has 0 aromatic rings. The first-order chi connectivity index (χ1) is 4.54. The molecule has 10 heavy (non-hydrogen) atoms. The fourth-order valence-corrected chi connectivity index (χ4v) is 0.649. The lowest BCUT2D eigenvalue weighted by atomic mass is 9.79. The van der Waals surface area contributed by atoms with Gasteiger partial charge in [-0.2, -0.15) is 0 Å². The summed E-state index contributed by atoms with van der Waals surface area (Å²) in [6.07, 6.45) is 3.50. The van der Waals surface area contributed by atoms with E-state index >= 15 is 0 Å². The second-order valence-electron chi connectivity index (χ2n) is 3.33. The summed E-state index contributed by atoms with van der Waals surface area (Å²) in [5.41, 5.74) is 0.0842. The maximum Gasteiger partial charge on any atom is 0.120 e. The van der Waals surface area contributed by atoms with Crippen molar-refractivity contribution in [3.63, 3.8) is 0 Å². The van der Waals surface area contributed by atoms with Gasteiger partial charge in [-0.25, -0.2) is 0 Å². The van der Waals surface area contributed by atoms with E-state index in [0.717, 1.165) is 6.29 Å². The van der Waals surface area contributed by atoms with Crippen LogP contribution in [-0.4, -0.2) is 6.29 Å². The second-order valence-corrected chi connectivity index (χ2v) is 3.33. The number of allylic oxidation sites excluding steroid dienone is 1. The van der Waals surface area contributed by atoms with Crippen LogP contribution >= 0.6 is 0 Å². The largest absolute Gasteiger partial charge is 0.303 e. The molecule has 0 radical (unpaired) electrons. The average Bonchev–Trinajstić information content (AvgIpc) is 1.89. The van der Waals surface area contributed by atoms with Crippen LogP contribution in [0, 0.1) is 11.3 Å². The minimum atomic E-state index is 0.0842. The predicted molar refractivity (Wildman–Crippen MR) is 43.8 cm³/mol. The molecule has 1 atom stereocenters. The van der Waals surface area contributed by atoms with Crippen LogP contribution in [0.1, 0.15) is 27.2 Å². The topological polar surface area (TPSA) is 17.1 Å². The van der Waals surface area contributed by atoms with Gasteiger partial charge >= 0.3 is 0 Å². The van der Waals surface area contributed by atoms with E-state index in [-0.39, 0.29) is 5.41 Å². The Kier molecular flexibility index (Phi) is 3.34. The van der Waals surface area contributed by atoms with Gasteiger partial charge in [-0.05, 0) is 11.3 Å². The molecule has 0 bridgehead atoms. The van der Waals surface area contributed by atoms with Crippen LogP contribution in [0.15, 0.2) is 12.7 Å². The molecule has 0 aromatic heterocycles. The molecule has 0 aliphatic carbocycles. The van der Waals surface area contributed by atoms with E-state index in [9.17, 15) is 4.79 Å². The van der Waals surface area contributed by atoms with Crippen molar-refractivity contribution in [2.45, 2.75) is 27.2 Å². The summed E-state index contributed by atoms with van der Waals surface area (Å²) in [5.74, 6) is 0.391. The van der Waals surface area contributed by atoms with Crippen LogP contribution in [0.4, 0.5) is 0 Å². The lowest BCUT2D eigenvalue weighted by Crippen LogP contribution is -2.18. The fourth-order valence-electron chi connectivity index (χ4n) is 0.649. The smallest absolute Gasteiger partial charge is 0.120 e. The summed E-state index contributed by atoms with van der Waals surface area (Å²) in [5, 5.41) is 0. The number of aldehydes is 1. The molecule has 58 valence electrons. The Balaban J connectivity index is 4.02. The molecule has 0 fully saturated rings. The van der Waals surface area contributed by atoms with E-state index < -0.39 is 0 Å². The molecule has 0 saturated heterocycles. The highest BCUT2D eigenvalue weighted by atomic mass is 16.1. The monoisotopic (exact) mass is 140 g/mol. The number of carbonyl (C=O) groups is 1. The van der Waals surface area contributed by atoms with E-state index in [1.54, 1.807) is 0 Å². The summed E-state index contributed by atoms with van der Waals surface area (Å²) >= 11 is 0. The Labute approximate surface area is 63.1 Å². The zero-order chi connectivity index (χ0) is 8.20. The molecule has 0 N–H and O–H groups in total. The van der Waals surface area contributed by atoms with Crippen molar-refractivity contribution in [3.8, 4) is 0 Å². The first-order valence-corrected chi connectivity index (χ1v) is 3.62. The quantitative estimate of drug-likeness (QED) is 0.433. The molecule has 0 amide bonds. The molecular formula is C9H16O. The Morgan fingerprint density at radius 3 is 2.40 bits per heavy atom. The van der Waals surface area contributed by atoms with Crippen LogP contribution < -0.4 is 0 Å². The standard InChI is InChI=1S/C9H16O/c1-5-9(3,4)8(2)6-7-10/h5,7-8H,1,6H2,2-4H3/t8-/m1/s1. The Hall–Kier alpha value is -0.590. The van der Waals surface area contributed by atoms with Gasteiger partial charge in [0.25, 0.3) is 0 Å². The Morgan fingerprint density at radius 2 is 2.10 bits per heavy atom. The lowest BCUT2D eigenvalue weighted by molar-refractivity contribution is -0.109. The molecular weight excluding hydrogens is 124 g/mol. The van der Waals surface area contributed by atoms with Crippen molar-refractivity contribution in [2.24, 2.45) is 11.3 Å². The highest BCUT2D eigenvalue weighted by Gasteiger charge is 2.20. The van der Waals surface area contributed by atoms with Crippen LogP contribution in [-0.2, 0) is 4.79 Å². The molecule has 0 aromatic carbocycles. The molecule has 0 saturated carbocycles. The van der Waals surface area contributed by atoms with Gasteiger partial charge in [-0.1, -0.05) is 26.8 Å². The van der Waals surface area contributed by atoms with Crippen molar-refractivity contribution < 1.29 is 4.79 Å².